The second-order valence-electron chi connectivity index (χ2n) is 3.06. The number of pyridine rings is 1. The van der Waals surface area contributed by atoms with Gasteiger partial charge in [0.15, 0.2) is 0 Å². The van der Waals surface area contributed by atoms with Gasteiger partial charge in [0.1, 0.15) is 5.02 Å². The van der Waals surface area contributed by atoms with Gasteiger partial charge in [-0.05, 0) is 18.2 Å². The molecule has 0 aliphatic heterocycles. The number of nitrogens with one attached hydrogen (secondary N) is 1. The van der Waals surface area contributed by atoms with Crippen LogP contribution in [-0.2, 0) is 0 Å². The zero-order valence-corrected chi connectivity index (χ0v) is 9.17. The number of nitro groups is 1. The van der Waals surface area contributed by atoms with Gasteiger partial charge >= 0.3 is 11.2 Å². The van der Waals surface area contributed by atoms with E-state index in [9.17, 15) is 14.9 Å². The highest BCUT2D eigenvalue weighted by Gasteiger charge is 2.20. The number of H-pyrrole nitrogens is 1. The zero-order chi connectivity index (χ0) is 11.9. The zero-order valence-electron chi connectivity index (χ0n) is 7.66. The first-order valence-corrected chi connectivity index (χ1v) is 4.91. The van der Waals surface area contributed by atoms with E-state index in [4.69, 9.17) is 23.2 Å². The lowest BCUT2D eigenvalue weighted by Gasteiger charge is -2.01. The van der Waals surface area contributed by atoms with Gasteiger partial charge in [0.25, 0.3) is 0 Å². The van der Waals surface area contributed by atoms with Crippen molar-refractivity contribution in [3.8, 4) is 0 Å². The number of aromatic amines is 1. The van der Waals surface area contributed by atoms with Gasteiger partial charge in [-0.1, -0.05) is 23.2 Å². The molecule has 2 aromatic rings. The van der Waals surface area contributed by atoms with Gasteiger partial charge in [0.2, 0.25) is 0 Å². The molecule has 1 aromatic carbocycles. The summed E-state index contributed by atoms with van der Waals surface area (Å²) >= 11 is 11.5. The molecule has 0 fully saturated rings. The highest BCUT2D eigenvalue weighted by Crippen LogP contribution is 2.29. The monoisotopic (exact) mass is 258 g/mol. The van der Waals surface area contributed by atoms with Crippen molar-refractivity contribution < 1.29 is 4.92 Å². The first-order valence-electron chi connectivity index (χ1n) is 4.16. The Hall–Kier alpha value is -1.59. The quantitative estimate of drug-likeness (QED) is 0.631. The predicted molar refractivity (Wildman–Crippen MR) is 61.2 cm³/mol. The number of rotatable bonds is 1. The Bertz CT molecular complexity index is 651. The number of aromatic nitrogens is 1. The number of hydrogen-bond donors (Lipinski definition) is 1. The van der Waals surface area contributed by atoms with Crippen molar-refractivity contribution in [3.63, 3.8) is 0 Å². The van der Waals surface area contributed by atoms with E-state index in [-0.39, 0.29) is 5.02 Å². The maximum Gasteiger partial charge on any atom is 0.352 e. The summed E-state index contributed by atoms with van der Waals surface area (Å²) in [7, 11) is 0. The minimum atomic E-state index is -0.843. The number of fused-ring (bicyclic) bond motifs is 1. The normalized spacial score (nSPS) is 10.6. The molecule has 5 nitrogen and oxygen atoms in total. The molecule has 1 N–H and O–H groups in total. The largest absolute Gasteiger partial charge is 0.352 e. The lowest BCUT2D eigenvalue weighted by atomic mass is 10.2. The van der Waals surface area contributed by atoms with Gasteiger partial charge < -0.3 is 4.98 Å². The first kappa shape index (κ1) is 10.9. The standard InChI is InChI=1S/C9H4Cl2N2O3/c10-4-1-2-5-6(3-4)12-9(14)8(7(5)11)13(15)16/h1-3H,(H,12,14). The average molecular weight is 259 g/mol. The summed E-state index contributed by atoms with van der Waals surface area (Å²) in [6, 6.07) is 4.54. The maximum absolute atomic E-state index is 11.4. The smallest absolute Gasteiger partial charge is 0.316 e. The summed E-state index contributed by atoms with van der Waals surface area (Å²) in [4.78, 5) is 23.6. The summed E-state index contributed by atoms with van der Waals surface area (Å²) in [6.07, 6.45) is 0. The highest BCUT2D eigenvalue weighted by atomic mass is 35.5. The molecule has 0 spiro atoms. The van der Waals surface area contributed by atoms with Crippen molar-refractivity contribution in [1.82, 2.24) is 4.98 Å². The molecule has 1 heterocycles. The number of halogens is 2. The SMILES string of the molecule is O=c1[nH]c2cc(Cl)ccc2c(Cl)c1[N+](=O)[O-]. The highest BCUT2D eigenvalue weighted by molar-refractivity contribution is 6.38. The fraction of sp³-hybridized carbons (Fsp3) is 0. The van der Waals surface area contributed by atoms with Crippen LogP contribution in [0.5, 0.6) is 0 Å². The Morgan fingerprint density at radius 2 is 2.00 bits per heavy atom. The molecule has 0 saturated carbocycles. The molecule has 0 aliphatic carbocycles. The van der Waals surface area contributed by atoms with Crippen LogP contribution in [-0.4, -0.2) is 9.91 Å². The van der Waals surface area contributed by atoms with Crippen molar-refractivity contribution in [2.24, 2.45) is 0 Å². The van der Waals surface area contributed by atoms with Gasteiger partial charge in [-0.2, -0.15) is 0 Å². The van der Waals surface area contributed by atoms with E-state index in [1.807, 2.05) is 0 Å². The van der Waals surface area contributed by atoms with Crippen LogP contribution in [0.15, 0.2) is 23.0 Å². The summed E-state index contributed by atoms with van der Waals surface area (Å²) in [5, 5.41) is 11.2. The molecule has 0 bridgehead atoms. The fourth-order valence-electron chi connectivity index (χ4n) is 1.38. The van der Waals surface area contributed by atoms with E-state index in [2.05, 4.69) is 4.98 Å². The van der Waals surface area contributed by atoms with Crippen LogP contribution in [0, 0.1) is 10.1 Å². The molecular weight excluding hydrogens is 255 g/mol. The summed E-state index contributed by atoms with van der Waals surface area (Å²) in [6.45, 7) is 0. The molecule has 82 valence electrons. The minimum Gasteiger partial charge on any atom is -0.316 e. The van der Waals surface area contributed by atoms with Crippen molar-refractivity contribution in [3.05, 3.63) is 48.7 Å². The van der Waals surface area contributed by atoms with Gasteiger partial charge in [-0.15, -0.1) is 0 Å². The fourth-order valence-corrected chi connectivity index (χ4v) is 1.87. The lowest BCUT2D eigenvalue weighted by molar-refractivity contribution is -0.386. The molecular formula is C9H4Cl2N2O3. The lowest BCUT2D eigenvalue weighted by Crippen LogP contribution is -2.12. The Morgan fingerprint density at radius 1 is 1.31 bits per heavy atom. The van der Waals surface area contributed by atoms with Crippen LogP contribution in [0.3, 0.4) is 0 Å². The summed E-state index contributed by atoms with van der Waals surface area (Å²) < 4.78 is 0. The van der Waals surface area contributed by atoms with Gasteiger partial charge in [0, 0.05) is 10.4 Å². The van der Waals surface area contributed by atoms with E-state index in [0.717, 1.165) is 0 Å². The van der Waals surface area contributed by atoms with Crippen LogP contribution in [0.2, 0.25) is 10.0 Å². The Kier molecular flexibility index (Phi) is 2.57. The molecule has 16 heavy (non-hydrogen) atoms. The van der Waals surface area contributed by atoms with Crippen LogP contribution in [0.4, 0.5) is 5.69 Å². The second-order valence-corrected chi connectivity index (χ2v) is 3.88. The molecule has 0 radical (unpaired) electrons. The molecule has 0 amide bonds. The third-order valence-electron chi connectivity index (χ3n) is 2.07. The Labute approximate surface area is 98.8 Å². The third-order valence-corrected chi connectivity index (χ3v) is 2.69. The third kappa shape index (κ3) is 1.64. The summed E-state index contributed by atoms with van der Waals surface area (Å²) in [5.41, 5.74) is -1.13. The van der Waals surface area contributed by atoms with Crippen molar-refractivity contribution in [2.45, 2.75) is 0 Å². The maximum atomic E-state index is 11.4. The molecule has 7 heteroatoms. The molecule has 0 aliphatic rings. The molecule has 0 saturated heterocycles. The van der Waals surface area contributed by atoms with Crippen LogP contribution in [0.25, 0.3) is 10.9 Å². The number of hydrogen-bond acceptors (Lipinski definition) is 3. The van der Waals surface area contributed by atoms with E-state index < -0.39 is 16.2 Å². The van der Waals surface area contributed by atoms with Crippen LogP contribution in [0.1, 0.15) is 0 Å². The Morgan fingerprint density at radius 3 is 2.62 bits per heavy atom. The van der Waals surface area contributed by atoms with Crippen LogP contribution >= 0.6 is 23.2 Å². The molecule has 1 aromatic heterocycles. The molecule has 0 unspecified atom stereocenters. The topological polar surface area (TPSA) is 76.0 Å². The average Bonchev–Trinajstić information content (AvgIpc) is 2.15. The number of benzene rings is 1. The molecule has 2 rings (SSSR count). The van der Waals surface area contributed by atoms with Gasteiger partial charge in [-0.25, -0.2) is 0 Å². The number of nitrogens with zero attached hydrogens (tertiary/aromatic N) is 1. The van der Waals surface area contributed by atoms with E-state index in [0.29, 0.717) is 15.9 Å². The van der Waals surface area contributed by atoms with Gasteiger partial charge in [-0.3, -0.25) is 14.9 Å². The van der Waals surface area contributed by atoms with Crippen molar-refractivity contribution in [2.75, 3.05) is 0 Å². The van der Waals surface area contributed by atoms with Crippen LogP contribution < -0.4 is 5.56 Å². The van der Waals surface area contributed by atoms with E-state index >= 15 is 0 Å². The Balaban J connectivity index is 2.94. The van der Waals surface area contributed by atoms with E-state index in [1.54, 1.807) is 0 Å². The minimum absolute atomic E-state index is 0.180. The second kappa shape index (κ2) is 3.77. The predicted octanol–water partition coefficient (Wildman–Crippen LogP) is 2.74. The van der Waals surface area contributed by atoms with Gasteiger partial charge in [0.05, 0.1) is 10.4 Å². The summed E-state index contributed by atoms with van der Waals surface area (Å²) in [5.74, 6) is 0. The van der Waals surface area contributed by atoms with E-state index in [1.165, 1.54) is 18.2 Å². The van der Waals surface area contributed by atoms with Crippen molar-refractivity contribution in [1.29, 1.82) is 0 Å². The first-order chi connectivity index (χ1) is 7.50. The molecule has 0 atom stereocenters. The van der Waals surface area contributed by atoms with Crippen molar-refractivity contribution >= 4 is 39.8 Å².